The normalized spacial score (nSPS) is 10.3. The van der Waals surface area contributed by atoms with E-state index in [1.54, 1.807) is 19.4 Å². The molecule has 0 fully saturated rings. The van der Waals surface area contributed by atoms with Crippen LogP contribution in [0.5, 0.6) is 0 Å². The Kier molecular flexibility index (Phi) is 5.36. The zero-order valence-electron chi connectivity index (χ0n) is 12.8. The summed E-state index contributed by atoms with van der Waals surface area (Å²) in [6.07, 6.45) is 2.44. The van der Waals surface area contributed by atoms with Crippen molar-refractivity contribution in [3.8, 4) is 0 Å². The van der Waals surface area contributed by atoms with Crippen LogP contribution in [0.1, 0.15) is 17.7 Å². The molecule has 0 saturated heterocycles. The van der Waals surface area contributed by atoms with Gasteiger partial charge in [-0.1, -0.05) is 17.7 Å². The number of hydrogen-bond acceptors (Lipinski definition) is 3. The first-order chi connectivity index (χ1) is 10.5. The molecule has 1 aromatic carbocycles. The van der Waals surface area contributed by atoms with E-state index < -0.39 is 0 Å². The molecule has 1 aromatic heterocycles. The van der Waals surface area contributed by atoms with E-state index >= 15 is 0 Å². The second kappa shape index (κ2) is 7.45. The van der Waals surface area contributed by atoms with E-state index in [0.717, 1.165) is 17.0 Å². The first kappa shape index (κ1) is 15.8. The van der Waals surface area contributed by atoms with Crippen LogP contribution in [0.15, 0.2) is 47.1 Å². The molecular formula is C17H20N2O3. The van der Waals surface area contributed by atoms with Gasteiger partial charge in [-0.25, -0.2) is 0 Å². The molecule has 2 rings (SSSR count). The molecule has 1 N–H and O–H groups in total. The summed E-state index contributed by atoms with van der Waals surface area (Å²) in [5, 5.41) is 2.77. The predicted octanol–water partition coefficient (Wildman–Crippen LogP) is 2.62. The van der Waals surface area contributed by atoms with Crippen molar-refractivity contribution in [3.63, 3.8) is 0 Å². The fraction of sp³-hybridized carbons (Fsp3) is 0.294. The number of furan rings is 1. The minimum absolute atomic E-state index is 0.0326. The number of benzene rings is 1. The van der Waals surface area contributed by atoms with E-state index in [1.165, 1.54) is 4.90 Å². The Hall–Kier alpha value is -2.56. The van der Waals surface area contributed by atoms with Crippen molar-refractivity contribution < 1.29 is 14.0 Å². The van der Waals surface area contributed by atoms with Crippen LogP contribution in [-0.2, 0) is 16.0 Å². The number of hydrogen-bond donors (Lipinski definition) is 1. The number of carbonyl (C=O) groups excluding carboxylic acids is 2. The molecule has 0 bridgehead atoms. The van der Waals surface area contributed by atoms with E-state index in [0.29, 0.717) is 12.8 Å². The summed E-state index contributed by atoms with van der Waals surface area (Å²) in [5.74, 6) is 0.471. The zero-order chi connectivity index (χ0) is 15.9. The molecule has 1 heterocycles. The lowest BCUT2D eigenvalue weighted by molar-refractivity contribution is -0.133. The van der Waals surface area contributed by atoms with Crippen molar-refractivity contribution in [1.29, 1.82) is 0 Å². The monoisotopic (exact) mass is 300 g/mol. The lowest BCUT2D eigenvalue weighted by atomic mass is 10.2. The second-order valence-electron chi connectivity index (χ2n) is 5.24. The van der Waals surface area contributed by atoms with Gasteiger partial charge in [-0.15, -0.1) is 0 Å². The van der Waals surface area contributed by atoms with Gasteiger partial charge in [0.25, 0.3) is 0 Å². The van der Waals surface area contributed by atoms with Gasteiger partial charge in [0, 0.05) is 25.6 Å². The van der Waals surface area contributed by atoms with Gasteiger partial charge in [0.05, 0.1) is 12.8 Å². The maximum Gasteiger partial charge on any atom is 0.243 e. The van der Waals surface area contributed by atoms with Gasteiger partial charge in [-0.05, 0) is 31.2 Å². The van der Waals surface area contributed by atoms with Crippen molar-refractivity contribution in [2.75, 3.05) is 18.9 Å². The fourth-order valence-electron chi connectivity index (χ4n) is 2.02. The van der Waals surface area contributed by atoms with E-state index in [-0.39, 0.29) is 18.4 Å². The topological polar surface area (TPSA) is 62.6 Å². The van der Waals surface area contributed by atoms with Gasteiger partial charge in [0.15, 0.2) is 0 Å². The maximum absolute atomic E-state index is 12.0. The summed E-state index contributed by atoms with van der Waals surface area (Å²) in [6.45, 7) is 2.02. The highest BCUT2D eigenvalue weighted by Crippen LogP contribution is 2.09. The Morgan fingerprint density at radius 1 is 1.18 bits per heavy atom. The summed E-state index contributed by atoms with van der Waals surface area (Å²) in [5.41, 5.74) is 1.86. The van der Waals surface area contributed by atoms with Crippen LogP contribution in [0.4, 0.5) is 5.69 Å². The standard InChI is InChI=1S/C17H20N2O3/c1-13-5-7-14(8-6-13)18-16(20)12-19(2)17(21)10-9-15-4-3-11-22-15/h3-8,11H,9-10,12H2,1-2H3,(H,18,20). The summed E-state index contributed by atoms with van der Waals surface area (Å²) >= 11 is 0. The molecule has 5 heteroatoms. The van der Waals surface area contributed by atoms with Gasteiger partial charge in [0.1, 0.15) is 5.76 Å². The number of amides is 2. The van der Waals surface area contributed by atoms with E-state index in [4.69, 9.17) is 4.42 Å². The van der Waals surface area contributed by atoms with Crippen LogP contribution in [0, 0.1) is 6.92 Å². The van der Waals surface area contributed by atoms with Crippen LogP contribution in [-0.4, -0.2) is 30.3 Å². The van der Waals surface area contributed by atoms with Gasteiger partial charge in [-0.3, -0.25) is 9.59 Å². The number of nitrogens with zero attached hydrogens (tertiary/aromatic N) is 1. The van der Waals surface area contributed by atoms with Crippen LogP contribution >= 0.6 is 0 Å². The molecule has 0 spiro atoms. The second-order valence-corrected chi connectivity index (χ2v) is 5.24. The Morgan fingerprint density at radius 3 is 2.55 bits per heavy atom. The summed E-state index contributed by atoms with van der Waals surface area (Å²) in [7, 11) is 1.62. The van der Waals surface area contributed by atoms with Crippen molar-refractivity contribution in [3.05, 3.63) is 54.0 Å². The van der Waals surface area contributed by atoms with Crippen molar-refractivity contribution in [2.24, 2.45) is 0 Å². The average Bonchev–Trinajstić information content (AvgIpc) is 3.00. The molecule has 116 valence electrons. The summed E-state index contributed by atoms with van der Waals surface area (Å²) < 4.78 is 5.18. The maximum atomic E-state index is 12.0. The van der Waals surface area contributed by atoms with E-state index in [2.05, 4.69) is 5.32 Å². The highest BCUT2D eigenvalue weighted by atomic mass is 16.3. The quantitative estimate of drug-likeness (QED) is 0.892. The molecule has 0 aliphatic heterocycles. The minimum atomic E-state index is -0.210. The summed E-state index contributed by atoms with van der Waals surface area (Å²) in [6, 6.07) is 11.1. The number of nitrogens with one attached hydrogen (secondary N) is 1. The van der Waals surface area contributed by atoms with Crippen LogP contribution in [0.3, 0.4) is 0 Å². The lowest BCUT2D eigenvalue weighted by Gasteiger charge is -2.16. The molecule has 5 nitrogen and oxygen atoms in total. The van der Waals surface area contributed by atoms with Crippen molar-refractivity contribution in [2.45, 2.75) is 19.8 Å². The van der Waals surface area contributed by atoms with E-state index in [9.17, 15) is 9.59 Å². The van der Waals surface area contributed by atoms with Crippen LogP contribution in [0.25, 0.3) is 0 Å². The zero-order valence-corrected chi connectivity index (χ0v) is 12.8. The van der Waals surface area contributed by atoms with Crippen LogP contribution in [0.2, 0.25) is 0 Å². The molecular weight excluding hydrogens is 280 g/mol. The van der Waals surface area contributed by atoms with Gasteiger partial charge >= 0.3 is 0 Å². The van der Waals surface area contributed by atoms with Gasteiger partial charge in [0.2, 0.25) is 11.8 Å². The lowest BCUT2D eigenvalue weighted by Crippen LogP contribution is -2.35. The first-order valence-corrected chi connectivity index (χ1v) is 7.17. The number of carbonyl (C=O) groups is 2. The third-order valence-electron chi connectivity index (χ3n) is 3.31. The Bertz CT molecular complexity index is 618. The highest BCUT2D eigenvalue weighted by molar-refractivity contribution is 5.94. The first-order valence-electron chi connectivity index (χ1n) is 7.17. The largest absolute Gasteiger partial charge is 0.469 e. The molecule has 2 amide bonds. The molecule has 0 unspecified atom stereocenters. The van der Waals surface area contributed by atoms with Crippen LogP contribution < -0.4 is 5.32 Å². The molecule has 22 heavy (non-hydrogen) atoms. The van der Waals surface area contributed by atoms with E-state index in [1.807, 2.05) is 37.3 Å². The van der Waals surface area contributed by atoms with Gasteiger partial charge in [-0.2, -0.15) is 0 Å². The Morgan fingerprint density at radius 2 is 1.91 bits per heavy atom. The molecule has 2 aromatic rings. The third-order valence-corrected chi connectivity index (χ3v) is 3.31. The molecule has 0 aliphatic carbocycles. The minimum Gasteiger partial charge on any atom is -0.469 e. The van der Waals surface area contributed by atoms with Crippen molar-refractivity contribution >= 4 is 17.5 Å². The molecule has 0 saturated carbocycles. The predicted molar refractivity (Wildman–Crippen MR) is 84.5 cm³/mol. The molecule has 0 atom stereocenters. The smallest absolute Gasteiger partial charge is 0.243 e. The third kappa shape index (κ3) is 4.77. The Labute approximate surface area is 129 Å². The number of anilines is 1. The number of aryl methyl sites for hydroxylation is 2. The Balaban J connectivity index is 1.77. The highest BCUT2D eigenvalue weighted by Gasteiger charge is 2.13. The molecule has 0 aliphatic rings. The molecule has 0 radical (unpaired) electrons. The van der Waals surface area contributed by atoms with Gasteiger partial charge < -0.3 is 14.6 Å². The fourth-order valence-corrected chi connectivity index (χ4v) is 2.02. The average molecular weight is 300 g/mol. The SMILES string of the molecule is Cc1ccc(NC(=O)CN(C)C(=O)CCc2ccco2)cc1. The summed E-state index contributed by atoms with van der Waals surface area (Å²) in [4.78, 5) is 25.3. The van der Waals surface area contributed by atoms with Crippen molar-refractivity contribution in [1.82, 2.24) is 4.90 Å². The number of likely N-dealkylation sites (N-methyl/N-ethyl adjacent to an activating group) is 1. The number of rotatable bonds is 6.